The molecule has 1 saturated heterocycles. The van der Waals surface area contributed by atoms with Gasteiger partial charge >= 0.3 is 0 Å². The Balaban J connectivity index is 1.20. The Kier molecular flexibility index (Phi) is 12.1. The predicted octanol–water partition coefficient (Wildman–Crippen LogP) is 9.47. The van der Waals surface area contributed by atoms with Crippen LogP contribution in [0.4, 0.5) is 0 Å². The summed E-state index contributed by atoms with van der Waals surface area (Å²) in [5.74, 6) is 0. The molecule has 0 amide bonds. The van der Waals surface area contributed by atoms with Gasteiger partial charge in [0.25, 0.3) is 0 Å². The second-order valence-corrected chi connectivity index (χ2v) is 14.3. The zero-order valence-electron chi connectivity index (χ0n) is 29.8. The Morgan fingerprint density at radius 2 is 1.46 bits per heavy atom. The molecule has 3 aromatic carbocycles. The Labute approximate surface area is 303 Å². The van der Waals surface area contributed by atoms with Crippen LogP contribution in [0.15, 0.2) is 91.4 Å². The summed E-state index contributed by atoms with van der Waals surface area (Å²) < 4.78 is 0. The first-order chi connectivity index (χ1) is 24.4. The number of hydrogen-bond acceptors (Lipinski definition) is 5. The van der Waals surface area contributed by atoms with E-state index in [4.69, 9.17) is 11.6 Å². The molecule has 1 aliphatic heterocycles. The maximum absolute atomic E-state index is 9.38. The van der Waals surface area contributed by atoms with Gasteiger partial charge in [-0.3, -0.25) is 19.8 Å². The smallest absolute Gasteiger partial charge is 0.101 e. The number of aromatic nitrogens is 2. The number of piperidine rings is 1. The lowest BCUT2D eigenvalue weighted by atomic mass is 9.89. The Bertz CT molecular complexity index is 1940. The third-order valence-corrected chi connectivity index (χ3v) is 10.6. The van der Waals surface area contributed by atoms with Crippen LogP contribution in [0.2, 0.25) is 5.02 Å². The minimum absolute atomic E-state index is 0.611. The van der Waals surface area contributed by atoms with Crippen molar-refractivity contribution in [3.8, 4) is 17.2 Å². The first kappa shape index (κ1) is 35.5. The third kappa shape index (κ3) is 9.06. The fraction of sp³-hybridized carbons (Fsp3) is 0.341. The predicted molar refractivity (Wildman–Crippen MR) is 205 cm³/mol. The molecule has 0 N–H and O–H groups in total. The van der Waals surface area contributed by atoms with E-state index in [1.165, 1.54) is 69.3 Å². The number of likely N-dealkylation sites (tertiary alicyclic amines) is 1. The van der Waals surface area contributed by atoms with Crippen LogP contribution in [0, 0.1) is 25.2 Å². The minimum Gasteiger partial charge on any atom is -0.299 e. The topological polar surface area (TPSA) is 56.1 Å². The highest BCUT2D eigenvalue weighted by Crippen LogP contribution is 2.32. The fourth-order valence-corrected chi connectivity index (χ4v) is 7.66. The Hall–Kier alpha value is -4.34. The molecule has 0 aliphatic carbocycles. The van der Waals surface area contributed by atoms with E-state index < -0.39 is 0 Å². The van der Waals surface area contributed by atoms with Crippen LogP contribution < -0.4 is 0 Å². The van der Waals surface area contributed by atoms with E-state index in [0.717, 1.165) is 74.7 Å². The number of pyridine rings is 2. The molecule has 0 radical (unpaired) electrons. The average Bonchev–Trinajstić information content (AvgIpc) is 3.13. The average molecular weight is 682 g/mol. The molecule has 5 aromatic rings. The SMILES string of the molecule is Cc1c(CCc2cc(CCc3cncc(C#N)c3)c(CN3CCCCC3)cc2Cl)cccc1-c1cccc(CN(C)Cc2ccccn2)c1C. The highest BCUT2D eigenvalue weighted by molar-refractivity contribution is 6.31. The van der Waals surface area contributed by atoms with Crippen LogP contribution in [0.1, 0.15) is 75.0 Å². The van der Waals surface area contributed by atoms with Crippen molar-refractivity contribution in [2.45, 2.75) is 78.4 Å². The van der Waals surface area contributed by atoms with Crippen LogP contribution in [0.3, 0.4) is 0 Å². The normalized spacial score (nSPS) is 13.4. The van der Waals surface area contributed by atoms with E-state index in [-0.39, 0.29) is 0 Å². The summed E-state index contributed by atoms with van der Waals surface area (Å²) in [4.78, 5) is 13.7. The molecule has 0 saturated carbocycles. The van der Waals surface area contributed by atoms with Crippen LogP contribution in [0.25, 0.3) is 11.1 Å². The van der Waals surface area contributed by atoms with Crippen molar-refractivity contribution in [3.63, 3.8) is 0 Å². The zero-order valence-corrected chi connectivity index (χ0v) is 30.5. The fourth-order valence-electron chi connectivity index (χ4n) is 7.38. The van der Waals surface area contributed by atoms with Gasteiger partial charge < -0.3 is 0 Å². The lowest BCUT2D eigenvalue weighted by molar-refractivity contribution is 0.220. The second kappa shape index (κ2) is 17.1. The van der Waals surface area contributed by atoms with E-state index in [1.54, 1.807) is 6.20 Å². The molecule has 3 heterocycles. The van der Waals surface area contributed by atoms with Crippen molar-refractivity contribution in [2.24, 2.45) is 0 Å². The molecular weight excluding hydrogens is 634 g/mol. The van der Waals surface area contributed by atoms with E-state index >= 15 is 0 Å². The van der Waals surface area contributed by atoms with Gasteiger partial charge in [0, 0.05) is 43.2 Å². The van der Waals surface area contributed by atoms with Crippen LogP contribution in [0.5, 0.6) is 0 Å². The van der Waals surface area contributed by atoms with Gasteiger partial charge in [-0.15, -0.1) is 0 Å². The van der Waals surface area contributed by atoms with Crippen molar-refractivity contribution in [1.29, 1.82) is 5.26 Å². The second-order valence-electron chi connectivity index (χ2n) is 13.9. The van der Waals surface area contributed by atoms with Crippen molar-refractivity contribution in [2.75, 3.05) is 20.1 Å². The maximum Gasteiger partial charge on any atom is 0.101 e. The minimum atomic E-state index is 0.611. The van der Waals surface area contributed by atoms with Gasteiger partial charge in [-0.2, -0.15) is 5.26 Å². The van der Waals surface area contributed by atoms with Gasteiger partial charge in [-0.1, -0.05) is 66.6 Å². The van der Waals surface area contributed by atoms with E-state index in [2.05, 4.69) is 101 Å². The lowest BCUT2D eigenvalue weighted by Gasteiger charge is -2.28. The molecule has 0 bridgehead atoms. The van der Waals surface area contributed by atoms with E-state index in [9.17, 15) is 5.26 Å². The van der Waals surface area contributed by atoms with Gasteiger partial charge in [-0.05, 0) is 152 Å². The van der Waals surface area contributed by atoms with Gasteiger partial charge in [0.05, 0.1) is 11.3 Å². The van der Waals surface area contributed by atoms with Crippen LogP contribution >= 0.6 is 11.6 Å². The van der Waals surface area contributed by atoms with Gasteiger partial charge in [0.15, 0.2) is 0 Å². The first-order valence-corrected chi connectivity index (χ1v) is 18.4. The molecule has 2 aromatic heterocycles. The molecule has 0 atom stereocenters. The summed E-state index contributed by atoms with van der Waals surface area (Å²) in [6.45, 7) is 9.43. The summed E-state index contributed by atoms with van der Waals surface area (Å²) in [6.07, 6.45) is 12.8. The van der Waals surface area contributed by atoms with E-state index in [0.29, 0.717) is 5.56 Å². The molecule has 1 aliphatic rings. The molecule has 6 heteroatoms. The highest BCUT2D eigenvalue weighted by atomic mass is 35.5. The number of aryl methyl sites for hydroxylation is 4. The number of nitriles is 1. The van der Waals surface area contributed by atoms with Gasteiger partial charge in [-0.25, -0.2) is 0 Å². The first-order valence-electron chi connectivity index (χ1n) is 18.0. The van der Waals surface area contributed by atoms with E-state index in [1.807, 2.05) is 30.6 Å². The Morgan fingerprint density at radius 1 is 0.740 bits per heavy atom. The van der Waals surface area contributed by atoms with Crippen molar-refractivity contribution >= 4 is 11.6 Å². The quantitative estimate of drug-likeness (QED) is 0.124. The molecular formula is C44H48ClN5. The summed E-state index contributed by atoms with van der Waals surface area (Å²) in [5, 5.41) is 10.2. The molecule has 5 nitrogen and oxygen atoms in total. The molecule has 0 unspecified atom stereocenters. The molecule has 6 rings (SSSR count). The summed E-state index contributed by atoms with van der Waals surface area (Å²) in [5.41, 5.74) is 14.6. The van der Waals surface area contributed by atoms with Crippen molar-refractivity contribution < 1.29 is 0 Å². The zero-order chi connectivity index (χ0) is 34.9. The van der Waals surface area contributed by atoms with Crippen LogP contribution in [-0.2, 0) is 45.3 Å². The molecule has 0 spiro atoms. The third-order valence-electron chi connectivity index (χ3n) is 10.3. The molecule has 256 valence electrons. The van der Waals surface area contributed by atoms with Crippen molar-refractivity contribution in [3.05, 3.63) is 152 Å². The monoisotopic (exact) mass is 681 g/mol. The lowest BCUT2D eigenvalue weighted by Crippen LogP contribution is -2.29. The number of benzene rings is 3. The number of nitrogens with zero attached hydrogens (tertiary/aromatic N) is 5. The standard InChI is InChI=1S/C44H48ClN5/c1-32-36(11-9-14-42(32)43-15-10-12-39(33(43)2)29-49(3)31-41-13-5-6-20-48-41)18-19-38-24-37(17-16-34-23-35(26-46)28-47-27-34)40(25-44(38)45)30-50-21-7-4-8-22-50/h5-6,9-15,20,23-25,27-28H,4,7-8,16-19,21-22,29-31H2,1-3H3. The summed E-state index contributed by atoms with van der Waals surface area (Å²) in [7, 11) is 2.16. The van der Waals surface area contributed by atoms with Crippen molar-refractivity contribution in [1.82, 2.24) is 19.8 Å². The van der Waals surface area contributed by atoms with Crippen LogP contribution in [-0.4, -0.2) is 39.9 Å². The van der Waals surface area contributed by atoms with Gasteiger partial charge in [0.1, 0.15) is 6.07 Å². The number of hydrogen-bond donors (Lipinski definition) is 0. The summed E-state index contributed by atoms with van der Waals surface area (Å²) in [6, 6.07) is 28.3. The van der Waals surface area contributed by atoms with Gasteiger partial charge in [0.2, 0.25) is 0 Å². The maximum atomic E-state index is 9.38. The highest BCUT2D eigenvalue weighted by Gasteiger charge is 2.17. The molecule has 1 fully saturated rings. The molecule has 50 heavy (non-hydrogen) atoms. The number of halogens is 1. The largest absolute Gasteiger partial charge is 0.299 e. The number of rotatable bonds is 13. The Morgan fingerprint density at radius 3 is 2.20 bits per heavy atom. The summed E-state index contributed by atoms with van der Waals surface area (Å²) >= 11 is 7.07.